The summed E-state index contributed by atoms with van der Waals surface area (Å²) in [5.41, 5.74) is 1.10. The number of carbonyl (C=O) groups is 1. The zero-order valence-electron chi connectivity index (χ0n) is 14.5. The Labute approximate surface area is 160 Å². The Morgan fingerprint density at radius 2 is 1.78 bits per heavy atom. The molecule has 7 heteroatoms. The van der Waals surface area contributed by atoms with Crippen LogP contribution in [0.5, 0.6) is 0 Å². The van der Waals surface area contributed by atoms with Crippen LogP contribution in [-0.2, 0) is 5.75 Å². The van der Waals surface area contributed by atoms with Crippen molar-refractivity contribution in [2.24, 2.45) is 0 Å². The van der Waals surface area contributed by atoms with Crippen molar-refractivity contribution in [3.63, 3.8) is 0 Å². The summed E-state index contributed by atoms with van der Waals surface area (Å²) < 4.78 is 14.7. The number of hydrogen-bond acceptors (Lipinski definition) is 4. The fourth-order valence-corrected chi connectivity index (χ4v) is 3.26. The van der Waals surface area contributed by atoms with E-state index in [1.54, 1.807) is 42.5 Å². The third-order valence-electron chi connectivity index (χ3n) is 3.78. The lowest BCUT2D eigenvalue weighted by atomic mass is 10.2. The Balaban J connectivity index is 1.54. The van der Waals surface area contributed by atoms with Gasteiger partial charge in [0.2, 0.25) is 0 Å². The van der Waals surface area contributed by atoms with Gasteiger partial charge in [-0.25, -0.2) is 4.39 Å². The predicted molar refractivity (Wildman–Crippen MR) is 105 cm³/mol. The summed E-state index contributed by atoms with van der Waals surface area (Å²) >= 11 is 1.53. The topological polar surface area (TPSA) is 64.0 Å². The summed E-state index contributed by atoms with van der Waals surface area (Å²) in [6.45, 7) is 0.421. The Morgan fingerprint density at radius 1 is 1.04 bits per heavy atom. The quantitative estimate of drug-likeness (QED) is 0.637. The van der Waals surface area contributed by atoms with Gasteiger partial charge in [-0.1, -0.05) is 36.4 Å². The van der Waals surface area contributed by atoms with Gasteiger partial charge in [0.1, 0.15) is 11.5 Å². The lowest BCUT2D eigenvalue weighted by Gasteiger charge is -2.08. The zero-order chi connectivity index (χ0) is 19.1. The normalized spacial score (nSPS) is 10.6. The van der Waals surface area contributed by atoms with Gasteiger partial charge in [-0.05, 0) is 29.8 Å². The Hall–Kier alpha value is -2.93. The molecule has 5 nitrogen and oxygen atoms in total. The molecule has 1 amide bonds. The minimum absolute atomic E-state index is 0.164. The number of amides is 1. The van der Waals surface area contributed by atoms with Crippen LogP contribution in [0.3, 0.4) is 0 Å². The molecular formula is C20H18FN3O2S. The number of thioether (sulfide) groups is 1. The van der Waals surface area contributed by atoms with Crippen molar-refractivity contribution in [2.75, 3.05) is 12.3 Å². The summed E-state index contributed by atoms with van der Waals surface area (Å²) in [5, 5.41) is 6.90. The molecule has 0 fully saturated rings. The van der Waals surface area contributed by atoms with Crippen LogP contribution in [0.4, 0.5) is 4.39 Å². The Morgan fingerprint density at radius 3 is 2.56 bits per heavy atom. The minimum atomic E-state index is -0.355. The van der Waals surface area contributed by atoms with Crippen molar-refractivity contribution < 1.29 is 9.18 Å². The van der Waals surface area contributed by atoms with Crippen LogP contribution < -0.4 is 10.9 Å². The predicted octanol–water partition coefficient (Wildman–Crippen LogP) is 3.03. The van der Waals surface area contributed by atoms with Crippen molar-refractivity contribution in [1.29, 1.82) is 0 Å². The first-order chi connectivity index (χ1) is 13.1. The van der Waals surface area contributed by atoms with Crippen molar-refractivity contribution >= 4 is 17.7 Å². The molecule has 138 valence electrons. The summed E-state index contributed by atoms with van der Waals surface area (Å²) in [4.78, 5) is 24.3. The van der Waals surface area contributed by atoms with Gasteiger partial charge in [-0.2, -0.15) is 21.5 Å². The molecule has 1 aromatic heterocycles. The average Bonchev–Trinajstić information content (AvgIpc) is 2.70. The largest absolute Gasteiger partial charge is 0.350 e. The van der Waals surface area contributed by atoms with Crippen LogP contribution in [0.25, 0.3) is 5.69 Å². The van der Waals surface area contributed by atoms with Crippen LogP contribution >= 0.6 is 11.8 Å². The number of carbonyl (C=O) groups excluding carboxylic acids is 1. The van der Waals surface area contributed by atoms with Crippen molar-refractivity contribution in [1.82, 2.24) is 15.1 Å². The van der Waals surface area contributed by atoms with Crippen LogP contribution in [-0.4, -0.2) is 28.0 Å². The molecule has 0 aliphatic heterocycles. The number of halogens is 1. The minimum Gasteiger partial charge on any atom is -0.350 e. The monoisotopic (exact) mass is 383 g/mol. The van der Waals surface area contributed by atoms with Crippen LogP contribution in [0.1, 0.15) is 16.1 Å². The van der Waals surface area contributed by atoms with E-state index in [9.17, 15) is 14.0 Å². The fourth-order valence-electron chi connectivity index (χ4n) is 2.41. The Kier molecular flexibility index (Phi) is 6.38. The lowest BCUT2D eigenvalue weighted by molar-refractivity contribution is 0.0949. The number of aromatic nitrogens is 2. The number of rotatable bonds is 7. The number of nitrogens with zero attached hydrogens (tertiary/aromatic N) is 2. The fraction of sp³-hybridized carbons (Fsp3) is 0.150. The molecule has 0 spiro atoms. The van der Waals surface area contributed by atoms with Gasteiger partial charge in [0.15, 0.2) is 0 Å². The zero-order valence-corrected chi connectivity index (χ0v) is 15.3. The third kappa shape index (κ3) is 5.04. The van der Waals surface area contributed by atoms with E-state index in [4.69, 9.17) is 0 Å². The molecule has 0 atom stereocenters. The molecule has 1 heterocycles. The second-order valence-corrected chi connectivity index (χ2v) is 6.81. The maximum atomic E-state index is 13.5. The van der Waals surface area contributed by atoms with Crippen LogP contribution in [0.15, 0.2) is 71.5 Å². The highest BCUT2D eigenvalue weighted by Gasteiger charge is 2.10. The molecule has 0 radical (unpaired) electrons. The lowest BCUT2D eigenvalue weighted by Crippen LogP contribution is -2.30. The second-order valence-electron chi connectivity index (χ2n) is 5.70. The second kappa shape index (κ2) is 9.14. The summed E-state index contributed by atoms with van der Waals surface area (Å²) in [6, 6.07) is 18.3. The first-order valence-electron chi connectivity index (χ1n) is 8.40. The molecule has 1 N–H and O–H groups in total. The van der Waals surface area contributed by atoms with E-state index >= 15 is 0 Å². The van der Waals surface area contributed by atoms with E-state index in [0.717, 1.165) is 0 Å². The first-order valence-corrected chi connectivity index (χ1v) is 9.56. The van der Waals surface area contributed by atoms with Gasteiger partial charge in [0.25, 0.3) is 11.5 Å². The van der Waals surface area contributed by atoms with E-state index in [-0.39, 0.29) is 23.0 Å². The van der Waals surface area contributed by atoms with Gasteiger partial charge < -0.3 is 5.32 Å². The number of nitrogens with one attached hydrogen (secondary N) is 1. The molecule has 0 saturated carbocycles. The Bertz CT molecular complexity index is 976. The van der Waals surface area contributed by atoms with Crippen LogP contribution in [0, 0.1) is 5.82 Å². The highest BCUT2D eigenvalue weighted by molar-refractivity contribution is 7.98. The standard InChI is InChI=1S/C20H18FN3O2S/c21-17-9-5-4-6-15(17)14-27-13-12-22-20(26)18-10-11-19(25)24(23-18)16-7-2-1-3-8-16/h1-11H,12-14H2,(H,22,26). The van der Waals surface area contributed by atoms with Crippen LogP contribution in [0.2, 0.25) is 0 Å². The summed E-state index contributed by atoms with van der Waals surface area (Å²) in [5.74, 6) is 0.602. The molecule has 2 aromatic carbocycles. The molecule has 0 aliphatic rings. The van der Waals surface area contributed by atoms with Crippen molar-refractivity contribution in [3.8, 4) is 5.69 Å². The molecule has 3 rings (SSSR count). The van der Waals surface area contributed by atoms with E-state index in [2.05, 4.69) is 10.4 Å². The maximum absolute atomic E-state index is 13.5. The molecule has 0 saturated heterocycles. The van der Waals surface area contributed by atoms with Gasteiger partial charge in [-0.15, -0.1) is 0 Å². The molecular weight excluding hydrogens is 365 g/mol. The number of hydrogen-bond donors (Lipinski definition) is 1. The van der Waals surface area contributed by atoms with Gasteiger partial charge >= 0.3 is 0 Å². The molecule has 0 bridgehead atoms. The van der Waals surface area contributed by atoms with E-state index in [1.165, 1.54) is 34.6 Å². The van der Waals surface area contributed by atoms with E-state index < -0.39 is 0 Å². The summed E-state index contributed by atoms with van der Waals surface area (Å²) in [7, 11) is 0. The van der Waals surface area contributed by atoms with Crippen molar-refractivity contribution in [2.45, 2.75) is 5.75 Å². The smallest absolute Gasteiger partial charge is 0.271 e. The highest BCUT2D eigenvalue weighted by atomic mass is 32.2. The molecule has 27 heavy (non-hydrogen) atoms. The van der Waals surface area contributed by atoms with Gasteiger partial charge in [-0.3, -0.25) is 9.59 Å². The molecule has 0 aliphatic carbocycles. The number of para-hydroxylation sites is 1. The van der Waals surface area contributed by atoms with E-state index in [1.807, 2.05) is 6.07 Å². The summed E-state index contributed by atoms with van der Waals surface area (Å²) in [6.07, 6.45) is 0. The average molecular weight is 383 g/mol. The first kappa shape index (κ1) is 18.8. The van der Waals surface area contributed by atoms with Gasteiger partial charge in [0.05, 0.1) is 5.69 Å². The third-order valence-corrected chi connectivity index (χ3v) is 4.79. The maximum Gasteiger partial charge on any atom is 0.271 e. The molecule has 0 unspecified atom stereocenters. The van der Waals surface area contributed by atoms with Gasteiger partial charge in [0, 0.05) is 24.1 Å². The highest BCUT2D eigenvalue weighted by Crippen LogP contribution is 2.14. The number of benzene rings is 2. The van der Waals surface area contributed by atoms with Crippen molar-refractivity contribution in [3.05, 3.63) is 94.2 Å². The SMILES string of the molecule is O=C(NCCSCc1ccccc1F)c1ccc(=O)n(-c2ccccc2)n1. The molecule has 3 aromatic rings. The van der Waals surface area contributed by atoms with E-state index in [0.29, 0.717) is 29.3 Å².